The molecule has 1 aromatic rings. The predicted molar refractivity (Wildman–Crippen MR) is 72.6 cm³/mol. The van der Waals surface area contributed by atoms with Gasteiger partial charge < -0.3 is 4.74 Å². The van der Waals surface area contributed by atoms with E-state index in [1.807, 2.05) is 0 Å². The van der Waals surface area contributed by atoms with Crippen LogP contribution in [-0.4, -0.2) is 48.1 Å². The molecule has 0 aliphatic heterocycles. The first kappa shape index (κ1) is 35.4. The van der Waals surface area contributed by atoms with Gasteiger partial charge in [0.25, 0.3) is 0 Å². The first-order valence-electron chi connectivity index (χ1n) is 8.44. The quantitative estimate of drug-likeness (QED) is 0.155. The maximum atomic E-state index is 14.2. The van der Waals surface area contributed by atoms with Crippen LogP contribution in [0.4, 0.5) is 105 Å². The third kappa shape index (κ3) is 4.58. The molecule has 234 valence electrons. The molecule has 1 rings (SSSR count). The van der Waals surface area contributed by atoms with Crippen LogP contribution in [-0.2, 0) is 5.92 Å². The predicted octanol–water partition coefficient (Wildman–Crippen LogP) is 8.61. The Morgan fingerprint density at radius 1 is 0.350 bits per heavy atom. The number of halogens is 24. The second-order valence-corrected chi connectivity index (χ2v) is 7.03. The van der Waals surface area contributed by atoms with Crippen LogP contribution in [0.5, 0.6) is 5.75 Å². The molecule has 0 aliphatic carbocycles. The first-order chi connectivity index (χ1) is 17.1. The SMILES string of the molecule is Fc1c(F)c(F)c(C(F)(F)C(F)(F)C(F)(F)C(F)(F)C(F)(F)C(F)(F)C(F)(F)C(F)(F)F)c(OC(F)(F)F)c1F. The Balaban J connectivity index is 4.09. The summed E-state index contributed by atoms with van der Waals surface area (Å²) in [6, 6.07) is 0. The number of hydrogen-bond acceptors (Lipinski definition) is 1. The van der Waals surface area contributed by atoms with Crippen molar-refractivity contribution in [3.63, 3.8) is 0 Å². The number of rotatable bonds is 8. The van der Waals surface area contributed by atoms with Crippen molar-refractivity contribution in [3.8, 4) is 5.75 Å². The second-order valence-electron chi connectivity index (χ2n) is 7.03. The monoisotopic (exact) mass is 652 g/mol. The zero-order valence-electron chi connectivity index (χ0n) is 17.0. The summed E-state index contributed by atoms with van der Waals surface area (Å²) in [6.07, 6.45) is -14.9. The molecule has 0 aliphatic rings. The third-order valence-electron chi connectivity index (χ3n) is 4.48. The standard InChI is InChI=1S/C15F24O/c16-2-1(6(40-15(37,38)39)5(19)4(18)3(2)17)7(20,21)8(22,23)9(24,25)10(26,27)11(28,29)12(30,31)13(32,33)14(34,35)36. The molecule has 1 nitrogen and oxygen atoms in total. The molecule has 0 aromatic heterocycles. The van der Waals surface area contributed by atoms with E-state index >= 15 is 0 Å². The highest BCUT2D eigenvalue weighted by atomic mass is 19.4. The fourth-order valence-electron chi connectivity index (χ4n) is 2.42. The van der Waals surface area contributed by atoms with E-state index in [1.165, 1.54) is 0 Å². The Hall–Kier alpha value is -2.66. The van der Waals surface area contributed by atoms with Gasteiger partial charge in [-0.2, -0.15) is 79.0 Å². The van der Waals surface area contributed by atoms with Gasteiger partial charge in [0.15, 0.2) is 17.4 Å². The molecule has 0 spiro atoms. The lowest BCUT2D eigenvalue weighted by atomic mass is 9.86. The maximum Gasteiger partial charge on any atom is 0.573 e. The minimum Gasteiger partial charge on any atom is -0.402 e. The molecule has 0 amide bonds. The van der Waals surface area contributed by atoms with E-state index in [0.29, 0.717) is 0 Å². The fraction of sp³-hybridized carbons (Fsp3) is 0.600. The Kier molecular flexibility index (Phi) is 8.11. The van der Waals surface area contributed by atoms with Crippen molar-refractivity contribution in [1.82, 2.24) is 0 Å². The molecule has 1 aromatic carbocycles. The van der Waals surface area contributed by atoms with Gasteiger partial charge in [-0.05, 0) is 0 Å². The minimum absolute atomic E-state index is 2.10. The van der Waals surface area contributed by atoms with E-state index in [0.717, 1.165) is 0 Å². The minimum atomic E-state index is -9.25. The topological polar surface area (TPSA) is 9.23 Å². The van der Waals surface area contributed by atoms with Crippen molar-refractivity contribution in [3.05, 3.63) is 28.8 Å². The van der Waals surface area contributed by atoms with Crippen LogP contribution in [0.15, 0.2) is 0 Å². The normalized spacial score (nSPS) is 15.5. The molecule has 0 fully saturated rings. The molecular weight excluding hydrogens is 652 g/mol. The van der Waals surface area contributed by atoms with Crippen LogP contribution in [0.2, 0.25) is 0 Å². The smallest absolute Gasteiger partial charge is 0.402 e. The third-order valence-corrected chi connectivity index (χ3v) is 4.48. The molecule has 25 heteroatoms. The molecule has 0 unspecified atom stereocenters. The van der Waals surface area contributed by atoms with Crippen LogP contribution in [0.3, 0.4) is 0 Å². The van der Waals surface area contributed by atoms with E-state index in [2.05, 4.69) is 4.74 Å². The van der Waals surface area contributed by atoms with Crippen molar-refractivity contribution in [1.29, 1.82) is 0 Å². The molecule has 0 bridgehead atoms. The number of ether oxygens (including phenoxy) is 1. The largest absolute Gasteiger partial charge is 0.573 e. The molecule has 0 saturated heterocycles. The van der Waals surface area contributed by atoms with Gasteiger partial charge in [-0.1, -0.05) is 0 Å². The van der Waals surface area contributed by atoms with Crippen LogP contribution in [0.25, 0.3) is 0 Å². The Labute approximate surface area is 200 Å². The van der Waals surface area contributed by atoms with Gasteiger partial charge in [-0.3, -0.25) is 0 Å². The van der Waals surface area contributed by atoms with Gasteiger partial charge in [0.1, 0.15) is 5.56 Å². The number of benzene rings is 1. The zero-order chi connectivity index (χ0) is 32.7. The molecule has 0 radical (unpaired) electrons. The van der Waals surface area contributed by atoms with Crippen molar-refractivity contribution in [2.45, 2.75) is 54.0 Å². The maximum absolute atomic E-state index is 14.2. The van der Waals surface area contributed by atoms with Crippen molar-refractivity contribution in [2.75, 3.05) is 0 Å². The summed E-state index contributed by atoms with van der Waals surface area (Å²) < 4.78 is 318. The molecule has 40 heavy (non-hydrogen) atoms. The van der Waals surface area contributed by atoms with Gasteiger partial charge in [-0.25, -0.2) is 13.2 Å². The van der Waals surface area contributed by atoms with E-state index in [9.17, 15) is 105 Å². The highest BCUT2D eigenvalue weighted by Crippen LogP contribution is 2.65. The number of hydrogen-bond donors (Lipinski definition) is 0. The summed E-state index contributed by atoms with van der Waals surface area (Å²) in [5.41, 5.74) is -4.66. The average Bonchev–Trinajstić information content (AvgIpc) is 2.73. The van der Waals surface area contributed by atoms with E-state index in [4.69, 9.17) is 0 Å². The average molecular weight is 652 g/mol. The van der Waals surface area contributed by atoms with Crippen LogP contribution < -0.4 is 4.74 Å². The molecular formula is C15F24O. The van der Waals surface area contributed by atoms with Crippen LogP contribution in [0, 0.1) is 23.3 Å². The summed E-state index contributed by atoms with van der Waals surface area (Å²) in [4.78, 5) is 0. The molecule has 0 saturated carbocycles. The van der Waals surface area contributed by atoms with Gasteiger partial charge in [0.2, 0.25) is 11.6 Å². The molecule has 0 N–H and O–H groups in total. The van der Waals surface area contributed by atoms with Gasteiger partial charge in [0.05, 0.1) is 0 Å². The van der Waals surface area contributed by atoms with Gasteiger partial charge in [-0.15, -0.1) is 13.2 Å². The van der Waals surface area contributed by atoms with E-state index in [-0.39, 0.29) is 0 Å². The highest BCUT2D eigenvalue weighted by Gasteiger charge is 2.95. The Morgan fingerprint density at radius 3 is 0.975 bits per heavy atom. The molecule has 0 atom stereocenters. The zero-order valence-corrected chi connectivity index (χ0v) is 17.0. The van der Waals surface area contributed by atoms with E-state index in [1.54, 1.807) is 0 Å². The Bertz CT molecular complexity index is 1120. The van der Waals surface area contributed by atoms with Gasteiger partial charge >= 0.3 is 54.0 Å². The summed E-state index contributed by atoms with van der Waals surface area (Å²) in [5.74, 6) is -82.2. The lowest BCUT2D eigenvalue weighted by molar-refractivity contribution is -0.463. The summed E-state index contributed by atoms with van der Waals surface area (Å²) in [7, 11) is 0. The lowest BCUT2D eigenvalue weighted by Gasteiger charge is -2.43. The number of alkyl halides is 20. The van der Waals surface area contributed by atoms with Crippen LogP contribution >= 0.6 is 0 Å². The van der Waals surface area contributed by atoms with Gasteiger partial charge in [0, 0.05) is 0 Å². The van der Waals surface area contributed by atoms with Crippen molar-refractivity contribution in [2.24, 2.45) is 0 Å². The second kappa shape index (κ2) is 9.17. The van der Waals surface area contributed by atoms with Crippen LogP contribution in [0.1, 0.15) is 5.56 Å². The first-order valence-corrected chi connectivity index (χ1v) is 8.44. The fourth-order valence-corrected chi connectivity index (χ4v) is 2.42. The summed E-state index contributed by atoms with van der Waals surface area (Å²) >= 11 is 0. The Morgan fingerprint density at radius 2 is 0.650 bits per heavy atom. The summed E-state index contributed by atoms with van der Waals surface area (Å²) in [6.45, 7) is 0. The highest BCUT2D eigenvalue weighted by molar-refractivity contribution is 5.43. The lowest BCUT2D eigenvalue weighted by Crippen LogP contribution is -2.74. The summed E-state index contributed by atoms with van der Waals surface area (Å²) in [5, 5.41) is 0. The van der Waals surface area contributed by atoms with Crippen molar-refractivity contribution < 1.29 is 110 Å². The molecule has 0 heterocycles. The van der Waals surface area contributed by atoms with E-state index < -0.39 is 88.6 Å². The van der Waals surface area contributed by atoms with Crippen molar-refractivity contribution >= 4 is 0 Å².